The fraction of sp³-hybridized carbons (Fsp3) is 0.667. The zero-order chi connectivity index (χ0) is 12.3. The number of hydrogen-bond donors (Lipinski definition) is 1. The van der Waals surface area contributed by atoms with Gasteiger partial charge in [-0.25, -0.2) is 9.97 Å². The van der Waals surface area contributed by atoms with Gasteiger partial charge in [0.25, 0.3) is 0 Å². The molecule has 0 radical (unpaired) electrons. The Morgan fingerprint density at radius 1 is 1.47 bits per heavy atom. The molecule has 1 aromatic heterocycles. The number of nitrogens with zero attached hydrogens (tertiary/aromatic N) is 3. The Bertz CT molecular complexity index is 362. The first kappa shape index (κ1) is 12.8. The topological polar surface area (TPSA) is 49.2 Å². The lowest BCUT2D eigenvalue weighted by Gasteiger charge is -2.38. The highest BCUT2D eigenvalue weighted by Gasteiger charge is 2.26. The van der Waals surface area contributed by atoms with Crippen LogP contribution < -0.4 is 4.90 Å². The Hall–Kier alpha value is -0.680. The van der Waals surface area contributed by atoms with Gasteiger partial charge in [-0.2, -0.15) is 0 Å². The molecule has 0 atom stereocenters. The van der Waals surface area contributed by atoms with Crippen LogP contribution in [0.5, 0.6) is 0 Å². The first-order valence-electron chi connectivity index (χ1n) is 6.09. The number of anilines is 1. The van der Waals surface area contributed by atoms with E-state index in [0.29, 0.717) is 6.04 Å². The quantitative estimate of drug-likeness (QED) is 0.848. The van der Waals surface area contributed by atoms with Crippen molar-refractivity contribution in [1.29, 1.82) is 0 Å². The van der Waals surface area contributed by atoms with Crippen molar-refractivity contribution < 1.29 is 5.11 Å². The molecular weight excluding hydrogens is 282 g/mol. The summed E-state index contributed by atoms with van der Waals surface area (Å²) in [7, 11) is 0. The SMILES string of the molecule is Cc1nc(Br)cc(N(CCCO)C2CCC2)n1. The third kappa shape index (κ3) is 3.16. The van der Waals surface area contributed by atoms with Crippen LogP contribution >= 0.6 is 15.9 Å². The molecule has 0 bridgehead atoms. The molecule has 2 rings (SSSR count). The van der Waals surface area contributed by atoms with Crippen LogP contribution in [0.3, 0.4) is 0 Å². The van der Waals surface area contributed by atoms with Crippen LogP contribution in [-0.4, -0.2) is 34.3 Å². The summed E-state index contributed by atoms with van der Waals surface area (Å²) in [6.45, 7) is 3.00. The van der Waals surface area contributed by atoms with E-state index in [2.05, 4.69) is 30.8 Å². The van der Waals surface area contributed by atoms with Crippen molar-refractivity contribution in [2.24, 2.45) is 0 Å². The first-order valence-corrected chi connectivity index (χ1v) is 6.88. The Balaban J connectivity index is 2.17. The fourth-order valence-electron chi connectivity index (χ4n) is 2.09. The van der Waals surface area contributed by atoms with E-state index >= 15 is 0 Å². The smallest absolute Gasteiger partial charge is 0.133 e. The van der Waals surface area contributed by atoms with Crippen LogP contribution in [0.4, 0.5) is 5.82 Å². The van der Waals surface area contributed by atoms with Gasteiger partial charge in [-0.05, 0) is 48.5 Å². The molecule has 0 spiro atoms. The second kappa shape index (κ2) is 5.78. The number of aryl methyl sites for hydroxylation is 1. The summed E-state index contributed by atoms with van der Waals surface area (Å²) in [5, 5.41) is 8.98. The van der Waals surface area contributed by atoms with E-state index < -0.39 is 0 Å². The molecule has 0 amide bonds. The van der Waals surface area contributed by atoms with Gasteiger partial charge in [0, 0.05) is 25.3 Å². The van der Waals surface area contributed by atoms with E-state index in [0.717, 1.165) is 29.2 Å². The van der Waals surface area contributed by atoms with Crippen molar-refractivity contribution >= 4 is 21.7 Å². The number of aliphatic hydroxyl groups excluding tert-OH is 1. The van der Waals surface area contributed by atoms with Crippen LogP contribution in [0.15, 0.2) is 10.7 Å². The van der Waals surface area contributed by atoms with Crippen molar-refractivity contribution in [2.75, 3.05) is 18.1 Å². The molecule has 1 aliphatic carbocycles. The Morgan fingerprint density at radius 3 is 2.76 bits per heavy atom. The molecule has 94 valence electrons. The largest absolute Gasteiger partial charge is 0.396 e. The van der Waals surface area contributed by atoms with Gasteiger partial charge in [-0.15, -0.1) is 0 Å². The molecule has 0 unspecified atom stereocenters. The van der Waals surface area contributed by atoms with Crippen LogP contribution in [0.2, 0.25) is 0 Å². The van der Waals surface area contributed by atoms with Gasteiger partial charge in [0.15, 0.2) is 0 Å². The summed E-state index contributed by atoms with van der Waals surface area (Å²) in [5.74, 6) is 1.75. The summed E-state index contributed by atoms with van der Waals surface area (Å²) in [6.07, 6.45) is 4.54. The van der Waals surface area contributed by atoms with Gasteiger partial charge in [0.05, 0.1) is 0 Å². The summed E-state index contributed by atoms with van der Waals surface area (Å²) in [5.41, 5.74) is 0. The molecule has 5 heteroatoms. The van der Waals surface area contributed by atoms with Crippen LogP contribution in [0, 0.1) is 6.92 Å². The average Bonchev–Trinajstić information content (AvgIpc) is 2.19. The highest BCUT2D eigenvalue weighted by atomic mass is 79.9. The Labute approximate surface area is 110 Å². The van der Waals surface area contributed by atoms with Gasteiger partial charge in [0.2, 0.25) is 0 Å². The molecule has 1 aliphatic rings. The van der Waals surface area contributed by atoms with E-state index in [9.17, 15) is 0 Å². The van der Waals surface area contributed by atoms with Gasteiger partial charge in [0.1, 0.15) is 16.2 Å². The van der Waals surface area contributed by atoms with Crippen molar-refractivity contribution in [1.82, 2.24) is 9.97 Å². The predicted octanol–water partition coefficient (Wildman–Crippen LogP) is 2.29. The molecular formula is C12H18BrN3O. The second-order valence-electron chi connectivity index (χ2n) is 4.45. The van der Waals surface area contributed by atoms with E-state index in [4.69, 9.17) is 5.11 Å². The third-order valence-electron chi connectivity index (χ3n) is 3.16. The summed E-state index contributed by atoms with van der Waals surface area (Å²) >= 11 is 3.41. The standard InChI is InChI=1S/C12H18BrN3O/c1-9-14-11(13)8-12(15-9)16(6-3-7-17)10-4-2-5-10/h8,10,17H,2-7H2,1H3. The molecule has 1 fully saturated rings. The molecule has 4 nitrogen and oxygen atoms in total. The Kier molecular flexibility index (Phi) is 4.34. The number of hydrogen-bond acceptors (Lipinski definition) is 4. The lowest BCUT2D eigenvalue weighted by Crippen LogP contribution is -2.41. The van der Waals surface area contributed by atoms with Crippen LogP contribution in [0.25, 0.3) is 0 Å². The summed E-state index contributed by atoms with van der Waals surface area (Å²) in [6, 6.07) is 2.55. The molecule has 17 heavy (non-hydrogen) atoms. The number of aliphatic hydroxyl groups is 1. The fourth-order valence-corrected chi connectivity index (χ4v) is 2.55. The van der Waals surface area contributed by atoms with Crippen molar-refractivity contribution in [2.45, 2.75) is 38.6 Å². The highest BCUT2D eigenvalue weighted by Crippen LogP contribution is 2.29. The average molecular weight is 300 g/mol. The lowest BCUT2D eigenvalue weighted by atomic mass is 9.91. The third-order valence-corrected chi connectivity index (χ3v) is 3.57. The zero-order valence-corrected chi connectivity index (χ0v) is 11.7. The molecule has 1 saturated carbocycles. The number of aromatic nitrogens is 2. The monoisotopic (exact) mass is 299 g/mol. The summed E-state index contributed by atoms with van der Waals surface area (Å²) < 4.78 is 0.827. The van der Waals surface area contributed by atoms with Gasteiger partial charge >= 0.3 is 0 Å². The molecule has 1 N–H and O–H groups in total. The molecule has 1 aromatic rings. The second-order valence-corrected chi connectivity index (χ2v) is 5.26. The van der Waals surface area contributed by atoms with E-state index in [1.807, 2.05) is 13.0 Å². The maximum atomic E-state index is 8.98. The lowest BCUT2D eigenvalue weighted by molar-refractivity contribution is 0.282. The van der Waals surface area contributed by atoms with Gasteiger partial charge in [-0.3, -0.25) is 0 Å². The molecule has 0 aromatic carbocycles. The van der Waals surface area contributed by atoms with E-state index in [-0.39, 0.29) is 6.61 Å². The van der Waals surface area contributed by atoms with Crippen LogP contribution in [-0.2, 0) is 0 Å². The number of rotatable bonds is 5. The number of halogens is 1. The van der Waals surface area contributed by atoms with E-state index in [1.165, 1.54) is 19.3 Å². The van der Waals surface area contributed by atoms with Crippen molar-refractivity contribution in [3.8, 4) is 0 Å². The minimum absolute atomic E-state index is 0.231. The molecule has 0 aliphatic heterocycles. The molecule has 1 heterocycles. The summed E-state index contributed by atoms with van der Waals surface area (Å²) in [4.78, 5) is 11.0. The first-order chi connectivity index (χ1) is 8.20. The zero-order valence-electron chi connectivity index (χ0n) is 10.1. The maximum Gasteiger partial charge on any atom is 0.133 e. The Morgan fingerprint density at radius 2 is 2.24 bits per heavy atom. The van der Waals surface area contributed by atoms with Crippen molar-refractivity contribution in [3.63, 3.8) is 0 Å². The van der Waals surface area contributed by atoms with Gasteiger partial charge < -0.3 is 10.0 Å². The maximum absolute atomic E-state index is 8.98. The minimum atomic E-state index is 0.231. The van der Waals surface area contributed by atoms with Gasteiger partial charge in [-0.1, -0.05) is 0 Å². The van der Waals surface area contributed by atoms with Crippen molar-refractivity contribution in [3.05, 3.63) is 16.5 Å². The highest BCUT2D eigenvalue weighted by molar-refractivity contribution is 9.10. The predicted molar refractivity (Wildman–Crippen MR) is 71.2 cm³/mol. The normalized spacial score (nSPS) is 15.7. The van der Waals surface area contributed by atoms with E-state index in [1.54, 1.807) is 0 Å². The van der Waals surface area contributed by atoms with Crippen LogP contribution in [0.1, 0.15) is 31.5 Å². The molecule has 0 saturated heterocycles. The minimum Gasteiger partial charge on any atom is -0.396 e.